The molecule has 28 heavy (non-hydrogen) atoms. The van der Waals surface area contributed by atoms with Crippen LogP contribution in [0.4, 0.5) is 16.2 Å². The van der Waals surface area contributed by atoms with E-state index in [0.717, 1.165) is 31.9 Å². The zero-order chi connectivity index (χ0) is 20.1. The van der Waals surface area contributed by atoms with Gasteiger partial charge >= 0.3 is 6.03 Å². The SMILES string of the molecule is CC(C)c1ccc(NC(=O)Nc2cccc(C(=O)N3CCN(C)CC3)c2)cc1. The molecule has 0 saturated carbocycles. The molecule has 148 valence electrons. The van der Waals surface area contributed by atoms with Crippen LogP contribution >= 0.6 is 0 Å². The maximum atomic E-state index is 12.7. The van der Waals surface area contributed by atoms with Crippen molar-refractivity contribution >= 4 is 23.3 Å². The average molecular weight is 380 g/mol. The van der Waals surface area contributed by atoms with Crippen molar-refractivity contribution in [1.82, 2.24) is 9.80 Å². The molecule has 0 unspecified atom stereocenters. The van der Waals surface area contributed by atoms with E-state index in [0.29, 0.717) is 17.2 Å². The first-order valence-electron chi connectivity index (χ1n) is 9.68. The maximum Gasteiger partial charge on any atom is 0.323 e. The summed E-state index contributed by atoms with van der Waals surface area (Å²) < 4.78 is 0. The van der Waals surface area contributed by atoms with Crippen LogP contribution in [0, 0.1) is 0 Å². The minimum atomic E-state index is -0.332. The number of piperazine rings is 1. The number of nitrogens with one attached hydrogen (secondary N) is 2. The highest BCUT2D eigenvalue weighted by Crippen LogP contribution is 2.18. The highest BCUT2D eigenvalue weighted by molar-refractivity contribution is 6.01. The number of amides is 3. The molecule has 0 aliphatic carbocycles. The summed E-state index contributed by atoms with van der Waals surface area (Å²) in [6.45, 7) is 7.46. The summed E-state index contributed by atoms with van der Waals surface area (Å²) >= 11 is 0. The first kappa shape index (κ1) is 19.9. The third-order valence-electron chi connectivity index (χ3n) is 4.99. The summed E-state index contributed by atoms with van der Waals surface area (Å²) in [4.78, 5) is 29.1. The quantitative estimate of drug-likeness (QED) is 0.847. The molecule has 1 aliphatic heterocycles. The van der Waals surface area contributed by atoms with Crippen molar-refractivity contribution in [3.05, 3.63) is 59.7 Å². The first-order chi connectivity index (χ1) is 13.4. The molecule has 0 atom stereocenters. The zero-order valence-electron chi connectivity index (χ0n) is 16.7. The lowest BCUT2D eigenvalue weighted by Gasteiger charge is -2.32. The number of urea groups is 1. The van der Waals surface area contributed by atoms with Crippen molar-refractivity contribution in [2.45, 2.75) is 19.8 Å². The van der Waals surface area contributed by atoms with Gasteiger partial charge in [-0.1, -0.05) is 32.0 Å². The lowest BCUT2D eigenvalue weighted by molar-refractivity contribution is 0.0664. The number of anilines is 2. The Hall–Kier alpha value is -2.86. The molecule has 1 aliphatic rings. The maximum absolute atomic E-state index is 12.7. The van der Waals surface area contributed by atoms with Crippen LogP contribution in [0.3, 0.4) is 0 Å². The summed E-state index contributed by atoms with van der Waals surface area (Å²) in [5.41, 5.74) is 3.13. The molecule has 2 aromatic carbocycles. The van der Waals surface area contributed by atoms with E-state index in [4.69, 9.17) is 0 Å². The van der Waals surface area contributed by atoms with E-state index >= 15 is 0 Å². The van der Waals surface area contributed by atoms with Gasteiger partial charge in [-0.15, -0.1) is 0 Å². The summed E-state index contributed by atoms with van der Waals surface area (Å²) in [5.74, 6) is 0.449. The van der Waals surface area contributed by atoms with E-state index in [1.165, 1.54) is 5.56 Å². The standard InChI is InChI=1S/C22H28N4O2/c1-16(2)17-7-9-19(10-8-17)23-22(28)24-20-6-4-5-18(15-20)21(27)26-13-11-25(3)12-14-26/h4-10,15-16H,11-14H2,1-3H3,(H2,23,24,28). The topological polar surface area (TPSA) is 64.7 Å². The van der Waals surface area contributed by atoms with Gasteiger partial charge in [0.2, 0.25) is 0 Å². The second kappa shape index (κ2) is 8.89. The third-order valence-corrected chi connectivity index (χ3v) is 4.99. The van der Waals surface area contributed by atoms with Gasteiger partial charge in [-0.25, -0.2) is 4.79 Å². The molecule has 0 aromatic heterocycles. The number of hydrogen-bond acceptors (Lipinski definition) is 3. The van der Waals surface area contributed by atoms with Crippen molar-refractivity contribution in [3.8, 4) is 0 Å². The van der Waals surface area contributed by atoms with Crippen LogP contribution in [0.2, 0.25) is 0 Å². The van der Waals surface area contributed by atoms with Crippen LogP contribution < -0.4 is 10.6 Å². The van der Waals surface area contributed by atoms with Gasteiger partial charge in [-0.05, 0) is 48.9 Å². The van der Waals surface area contributed by atoms with E-state index in [1.54, 1.807) is 24.3 Å². The molecule has 1 heterocycles. The van der Waals surface area contributed by atoms with Gasteiger partial charge in [0, 0.05) is 43.1 Å². The molecule has 6 heteroatoms. The van der Waals surface area contributed by atoms with Crippen molar-refractivity contribution in [2.24, 2.45) is 0 Å². The summed E-state index contributed by atoms with van der Waals surface area (Å²) in [6.07, 6.45) is 0. The van der Waals surface area contributed by atoms with Crippen LogP contribution in [0.5, 0.6) is 0 Å². The Kier molecular flexibility index (Phi) is 6.31. The molecule has 1 saturated heterocycles. The molecule has 0 bridgehead atoms. The van der Waals surface area contributed by atoms with Gasteiger partial charge < -0.3 is 20.4 Å². The van der Waals surface area contributed by atoms with Crippen LogP contribution in [-0.2, 0) is 0 Å². The molecular weight excluding hydrogens is 352 g/mol. The molecule has 3 rings (SSSR count). The van der Waals surface area contributed by atoms with Crippen molar-refractivity contribution < 1.29 is 9.59 Å². The third kappa shape index (κ3) is 5.10. The Morgan fingerprint density at radius 3 is 2.18 bits per heavy atom. The Morgan fingerprint density at radius 1 is 0.893 bits per heavy atom. The van der Waals surface area contributed by atoms with Crippen LogP contribution in [-0.4, -0.2) is 55.0 Å². The fourth-order valence-electron chi connectivity index (χ4n) is 3.17. The molecular formula is C22H28N4O2. The normalized spacial score (nSPS) is 14.8. The number of likely N-dealkylation sites (N-methyl/N-ethyl adjacent to an activating group) is 1. The lowest BCUT2D eigenvalue weighted by Crippen LogP contribution is -2.47. The van der Waals surface area contributed by atoms with Crippen LogP contribution in [0.25, 0.3) is 0 Å². The van der Waals surface area contributed by atoms with Gasteiger partial charge in [0.15, 0.2) is 0 Å². The molecule has 2 N–H and O–H groups in total. The van der Waals surface area contributed by atoms with E-state index < -0.39 is 0 Å². The lowest BCUT2D eigenvalue weighted by atomic mass is 10.0. The Bertz CT molecular complexity index is 825. The average Bonchev–Trinajstić information content (AvgIpc) is 2.68. The number of rotatable bonds is 4. The Labute approximate surface area is 166 Å². The molecule has 6 nitrogen and oxygen atoms in total. The summed E-state index contributed by atoms with van der Waals surface area (Å²) in [7, 11) is 2.06. The largest absolute Gasteiger partial charge is 0.336 e. The van der Waals surface area contributed by atoms with E-state index in [2.05, 4.69) is 36.4 Å². The highest BCUT2D eigenvalue weighted by Gasteiger charge is 2.20. The summed E-state index contributed by atoms with van der Waals surface area (Å²) in [5, 5.41) is 5.63. The monoisotopic (exact) mass is 380 g/mol. The predicted octanol–water partition coefficient (Wildman–Crippen LogP) is 3.84. The minimum Gasteiger partial charge on any atom is -0.336 e. The zero-order valence-corrected chi connectivity index (χ0v) is 16.7. The van der Waals surface area contributed by atoms with Gasteiger partial charge in [0.05, 0.1) is 0 Å². The van der Waals surface area contributed by atoms with Crippen LogP contribution in [0.1, 0.15) is 35.7 Å². The van der Waals surface area contributed by atoms with Gasteiger partial charge in [-0.3, -0.25) is 4.79 Å². The molecule has 2 aromatic rings. The number of carbonyl (C=O) groups excluding carboxylic acids is 2. The second-order valence-corrected chi connectivity index (χ2v) is 7.53. The number of nitrogens with zero attached hydrogens (tertiary/aromatic N) is 2. The number of hydrogen-bond donors (Lipinski definition) is 2. The van der Waals surface area contributed by atoms with E-state index in [9.17, 15) is 9.59 Å². The van der Waals surface area contributed by atoms with Crippen molar-refractivity contribution in [1.29, 1.82) is 0 Å². The summed E-state index contributed by atoms with van der Waals surface area (Å²) in [6, 6.07) is 14.5. The van der Waals surface area contributed by atoms with E-state index in [1.807, 2.05) is 29.2 Å². The van der Waals surface area contributed by atoms with Gasteiger partial charge in [-0.2, -0.15) is 0 Å². The predicted molar refractivity (Wildman–Crippen MR) is 113 cm³/mol. The second-order valence-electron chi connectivity index (χ2n) is 7.53. The van der Waals surface area contributed by atoms with Crippen molar-refractivity contribution in [2.75, 3.05) is 43.9 Å². The number of carbonyl (C=O) groups is 2. The highest BCUT2D eigenvalue weighted by atomic mass is 16.2. The minimum absolute atomic E-state index is 0.00133. The fourth-order valence-corrected chi connectivity index (χ4v) is 3.17. The number of benzene rings is 2. The van der Waals surface area contributed by atoms with E-state index in [-0.39, 0.29) is 11.9 Å². The Balaban J connectivity index is 1.60. The first-order valence-corrected chi connectivity index (χ1v) is 9.68. The molecule has 0 radical (unpaired) electrons. The van der Waals surface area contributed by atoms with Gasteiger partial charge in [0.25, 0.3) is 5.91 Å². The molecule has 1 fully saturated rings. The van der Waals surface area contributed by atoms with Crippen molar-refractivity contribution in [3.63, 3.8) is 0 Å². The van der Waals surface area contributed by atoms with Gasteiger partial charge in [0.1, 0.15) is 0 Å². The smallest absolute Gasteiger partial charge is 0.323 e. The molecule has 0 spiro atoms. The van der Waals surface area contributed by atoms with Crippen LogP contribution in [0.15, 0.2) is 48.5 Å². The fraction of sp³-hybridized carbons (Fsp3) is 0.364. The molecule has 3 amide bonds. The Morgan fingerprint density at radius 2 is 1.54 bits per heavy atom.